The van der Waals surface area contributed by atoms with Gasteiger partial charge >= 0.3 is 0 Å². The maximum Gasteiger partial charge on any atom is 0.252 e. The molecule has 122 valence electrons. The quantitative estimate of drug-likeness (QED) is 0.799. The average Bonchev–Trinajstić information content (AvgIpc) is 2.56. The molecule has 23 heavy (non-hydrogen) atoms. The molecule has 0 spiro atoms. The zero-order chi connectivity index (χ0) is 16.8. The highest BCUT2D eigenvalue weighted by atomic mass is 32.1. The summed E-state index contributed by atoms with van der Waals surface area (Å²) in [6.45, 7) is 2.55. The van der Waals surface area contributed by atoms with Gasteiger partial charge in [-0.15, -0.1) is 12.6 Å². The first-order chi connectivity index (χ1) is 11.1. The number of benzene rings is 2. The highest BCUT2D eigenvalue weighted by Crippen LogP contribution is 2.30. The summed E-state index contributed by atoms with van der Waals surface area (Å²) in [4.78, 5) is 12.8. The van der Waals surface area contributed by atoms with Crippen LogP contribution in [0.1, 0.15) is 21.5 Å². The Labute approximate surface area is 142 Å². The van der Waals surface area contributed by atoms with Crippen LogP contribution < -0.4 is 14.8 Å². The van der Waals surface area contributed by atoms with Crippen molar-refractivity contribution in [1.82, 2.24) is 5.32 Å². The molecule has 1 amide bonds. The third-order valence-electron chi connectivity index (χ3n) is 3.67. The zero-order valence-electron chi connectivity index (χ0n) is 13.6. The second-order valence-corrected chi connectivity index (χ2v) is 5.64. The lowest BCUT2D eigenvalue weighted by molar-refractivity contribution is 0.0951. The van der Waals surface area contributed by atoms with Crippen molar-refractivity contribution >= 4 is 18.5 Å². The van der Waals surface area contributed by atoms with Crippen LogP contribution in [-0.2, 0) is 6.42 Å². The molecule has 2 aromatic carbocycles. The lowest BCUT2D eigenvalue weighted by Gasteiger charge is -2.13. The maximum absolute atomic E-state index is 12.2. The van der Waals surface area contributed by atoms with E-state index in [0.29, 0.717) is 34.9 Å². The van der Waals surface area contributed by atoms with Crippen molar-refractivity contribution in [3.63, 3.8) is 0 Å². The maximum atomic E-state index is 12.2. The summed E-state index contributed by atoms with van der Waals surface area (Å²) >= 11 is 4.30. The molecule has 4 nitrogen and oxygen atoms in total. The molecule has 0 saturated carbocycles. The second kappa shape index (κ2) is 7.92. The van der Waals surface area contributed by atoms with Crippen LogP contribution in [-0.4, -0.2) is 26.7 Å². The molecule has 0 aromatic heterocycles. The smallest absolute Gasteiger partial charge is 0.252 e. The van der Waals surface area contributed by atoms with Gasteiger partial charge in [-0.25, -0.2) is 0 Å². The molecular formula is C18H21NO3S. The van der Waals surface area contributed by atoms with Crippen molar-refractivity contribution in [3.8, 4) is 11.5 Å². The molecule has 0 unspecified atom stereocenters. The lowest BCUT2D eigenvalue weighted by Crippen LogP contribution is -2.26. The van der Waals surface area contributed by atoms with Crippen LogP contribution in [0.15, 0.2) is 41.3 Å². The summed E-state index contributed by atoms with van der Waals surface area (Å²) in [5, 5.41) is 2.92. The Morgan fingerprint density at radius 2 is 1.78 bits per heavy atom. The average molecular weight is 331 g/mol. The fraction of sp³-hybridized carbons (Fsp3) is 0.278. The van der Waals surface area contributed by atoms with Gasteiger partial charge in [0.15, 0.2) is 11.5 Å². The number of ether oxygens (including phenoxy) is 2. The van der Waals surface area contributed by atoms with E-state index >= 15 is 0 Å². The summed E-state index contributed by atoms with van der Waals surface area (Å²) < 4.78 is 10.6. The van der Waals surface area contributed by atoms with Gasteiger partial charge in [-0.2, -0.15) is 0 Å². The molecule has 1 N–H and O–H groups in total. The second-order valence-electron chi connectivity index (χ2n) is 5.16. The van der Waals surface area contributed by atoms with Crippen molar-refractivity contribution in [1.29, 1.82) is 0 Å². The minimum Gasteiger partial charge on any atom is -0.493 e. The number of carbonyl (C=O) groups excluding carboxylic acids is 1. The molecule has 2 aromatic rings. The number of hydrogen-bond acceptors (Lipinski definition) is 4. The Hall–Kier alpha value is -2.14. The van der Waals surface area contributed by atoms with Crippen molar-refractivity contribution in [2.75, 3.05) is 20.8 Å². The summed E-state index contributed by atoms with van der Waals surface area (Å²) in [7, 11) is 3.23. The number of carbonyl (C=O) groups is 1. The van der Waals surface area contributed by atoms with Crippen LogP contribution >= 0.6 is 12.6 Å². The van der Waals surface area contributed by atoms with Gasteiger partial charge in [0, 0.05) is 11.4 Å². The molecule has 0 aliphatic carbocycles. The van der Waals surface area contributed by atoms with E-state index in [1.54, 1.807) is 26.4 Å². The summed E-state index contributed by atoms with van der Waals surface area (Å²) in [6, 6.07) is 11.1. The largest absolute Gasteiger partial charge is 0.493 e. The number of amides is 1. The van der Waals surface area contributed by atoms with Gasteiger partial charge < -0.3 is 14.8 Å². The van der Waals surface area contributed by atoms with Crippen LogP contribution in [0, 0.1) is 6.92 Å². The Morgan fingerprint density at radius 1 is 1.13 bits per heavy atom. The summed E-state index contributed by atoms with van der Waals surface area (Å²) in [6.07, 6.45) is 0.715. The molecule has 0 radical (unpaired) electrons. The summed E-state index contributed by atoms with van der Waals surface area (Å²) in [5.74, 6) is 1.29. The number of rotatable bonds is 6. The fourth-order valence-electron chi connectivity index (χ4n) is 2.36. The van der Waals surface area contributed by atoms with Gasteiger partial charge in [0.2, 0.25) is 0 Å². The number of thiol groups is 1. The predicted octanol–water partition coefficient (Wildman–Crippen LogP) is 3.27. The Kier molecular flexibility index (Phi) is 5.93. The van der Waals surface area contributed by atoms with Crippen molar-refractivity contribution in [3.05, 3.63) is 53.1 Å². The number of nitrogens with one attached hydrogen (secondary N) is 1. The number of aryl methyl sites for hydroxylation is 1. The normalized spacial score (nSPS) is 10.3. The number of hydrogen-bond donors (Lipinski definition) is 2. The number of methoxy groups -OCH3 is 2. The van der Waals surface area contributed by atoms with Gasteiger partial charge in [-0.3, -0.25) is 4.79 Å². The van der Waals surface area contributed by atoms with Crippen molar-refractivity contribution in [2.24, 2.45) is 0 Å². The molecule has 0 bridgehead atoms. The first kappa shape index (κ1) is 17.2. The van der Waals surface area contributed by atoms with Crippen molar-refractivity contribution < 1.29 is 14.3 Å². The lowest BCUT2D eigenvalue weighted by atomic mass is 10.0. The first-order valence-electron chi connectivity index (χ1n) is 7.34. The molecular weight excluding hydrogens is 310 g/mol. The van der Waals surface area contributed by atoms with E-state index in [2.05, 4.69) is 17.9 Å². The highest BCUT2D eigenvalue weighted by Gasteiger charge is 2.10. The third kappa shape index (κ3) is 4.20. The fourth-order valence-corrected chi connectivity index (χ4v) is 2.63. The molecule has 0 saturated heterocycles. The van der Waals surface area contributed by atoms with Gasteiger partial charge in [0.1, 0.15) is 0 Å². The van der Waals surface area contributed by atoms with E-state index in [9.17, 15) is 4.79 Å². The Balaban J connectivity index is 2.01. The molecule has 0 aliphatic rings. The predicted molar refractivity (Wildman–Crippen MR) is 94.0 cm³/mol. The van der Waals surface area contributed by atoms with E-state index in [4.69, 9.17) is 9.47 Å². The van der Waals surface area contributed by atoms with E-state index in [0.717, 1.165) is 11.1 Å². The molecule has 0 fully saturated rings. The van der Waals surface area contributed by atoms with Crippen molar-refractivity contribution in [2.45, 2.75) is 18.2 Å². The minimum absolute atomic E-state index is 0.117. The van der Waals surface area contributed by atoms with Gasteiger partial charge in [-0.1, -0.05) is 12.1 Å². The third-order valence-corrected chi connectivity index (χ3v) is 4.06. The van der Waals surface area contributed by atoms with Crippen LogP contribution in [0.4, 0.5) is 0 Å². The highest BCUT2D eigenvalue weighted by molar-refractivity contribution is 7.80. The van der Waals surface area contributed by atoms with Gasteiger partial charge in [0.05, 0.1) is 19.8 Å². The monoisotopic (exact) mass is 331 g/mol. The summed E-state index contributed by atoms with van der Waals surface area (Å²) in [5.41, 5.74) is 2.80. The zero-order valence-corrected chi connectivity index (χ0v) is 14.4. The molecule has 2 rings (SSSR count). The molecule has 0 aliphatic heterocycles. The van der Waals surface area contributed by atoms with E-state index < -0.39 is 0 Å². The standard InChI is InChI=1S/C18H21NO3S/c1-12-10-15(21-2)16(22-3)11-13(12)8-9-19-18(20)14-6-4-5-7-17(14)23/h4-7,10-11,23H,8-9H2,1-3H3,(H,19,20). The van der Waals surface area contributed by atoms with E-state index in [1.807, 2.05) is 31.2 Å². The van der Waals surface area contributed by atoms with E-state index in [-0.39, 0.29) is 5.91 Å². The van der Waals surface area contributed by atoms with Crippen LogP contribution in [0.3, 0.4) is 0 Å². The van der Waals surface area contributed by atoms with Crippen LogP contribution in [0.5, 0.6) is 11.5 Å². The minimum atomic E-state index is -0.117. The topological polar surface area (TPSA) is 47.6 Å². The van der Waals surface area contributed by atoms with Gasteiger partial charge in [-0.05, 0) is 48.7 Å². The SMILES string of the molecule is COc1cc(C)c(CCNC(=O)c2ccccc2S)cc1OC. The van der Waals surface area contributed by atoms with E-state index in [1.165, 1.54) is 0 Å². The van der Waals surface area contributed by atoms with Gasteiger partial charge in [0.25, 0.3) is 5.91 Å². The Bertz CT molecular complexity index is 701. The van der Waals surface area contributed by atoms with Crippen LogP contribution in [0.25, 0.3) is 0 Å². The molecule has 0 atom stereocenters. The molecule has 0 heterocycles. The molecule has 5 heteroatoms. The Morgan fingerprint density at radius 3 is 2.43 bits per heavy atom. The first-order valence-corrected chi connectivity index (χ1v) is 7.79. The van der Waals surface area contributed by atoms with Crippen LogP contribution in [0.2, 0.25) is 0 Å².